The molecule has 0 aliphatic carbocycles. The summed E-state index contributed by atoms with van der Waals surface area (Å²) in [6, 6.07) is 21.5. The van der Waals surface area contributed by atoms with Crippen LogP contribution in [0, 0.1) is 11.3 Å². The highest BCUT2D eigenvalue weighted by atomic mass is 28.4. The van der Waals surface area contributed by atoms with Gasteiger partial charge in [-0.2, -0.15) is 0 Å². The van der Waals surface area contributed by atoms with Gasteiger partial charge < -0.3 is 33.0 Å². The Morgan fingerprint density at radius 2 is 1.37 bits per heavy atom. The third-order valence-corrected chi connectivity index (χ3v) is 29.5. The topological polar surface area (TPSA) is 104 Å². The molecule has 2 N–H and O–H groups in total. The molecule has 8 atom stereocenters. The maximum Gasteiger partial charge on any atom is 0.328 e. The van der Waals surface area contributed by atoms with Gasteiger partial charge >= 0.3 is 5.97 Å². The Kier molecular flexibility index (Phi) is 20.3. The lowest BCUT2D eigenvalue weighted by molar-refractivity contribution is -0.183. The largest absolute Gasteiger partial charge is 0.478 e. The van der Waals surface area contributed by atoms with Crippen molar-refractivity contribution in [2.45, 2.75) is 193 Å². The fourth-order valence-corrected chi connectivity index (χ4v) is 16.0. The number of aliphatic carboxylic acids is 1. The van der Waals surface area contributed by atoms with E-state index in [1.807, 2.05) is 6.08 Å². The Balaban J connectivity index is 1.53. The first-order chi connectivity index (χ1) is 31.5. The minimum atomic E-state index is -2.78. The maximum atomic E-state index is 12.1. The predicted octanol–water partition coefficient (Wildman–Crippen LogP) is 12.7. The lowest BCUT2D eigenvalue weighted by atomic mass is 9.74. The van der Waals surface area contributed by atoms with Crippen molar-refractivity contribution in [3.8, 4) is 0 Å². The summed E-state index contributed by atoms with van der Waals surface area (Å²) in [7, 11) is -6.96. The second kappa shape index (κ2) is 24.0. The molecule has 2 aliphatic rings. The quantitative estimate of drug-likeness (QED) is 0.0585. The van der Waals surface area contributed by atoms with E-state index in [1.54, 1.807) is 12.2 Å². The molecule has 2 aliphatic heterocycles. The first-order valence-corrected chi connectivity index (χ1v) is 32.9. The summed E-state index contributed by atoms with van der Waals surface area (Å²) in [5, 5.41) is 23.6. The number of rotatable bonds is 20. The van der Waals surface area contributed by atoms with E-state index in [1.165, 1.54) is 10.4 Å². The van der Waals surface area contributed by atoms with Gasteiger partial charge in [0.1, 0.15) is 0 Å². The first-order valence-electron chi connectivity index (χ1n) is 25.2. The molecule has 2 heterocycles. The van der Waals surface area contributed by atoms with Gasteiger partial charge in [-0.15, -0.1) is 0 Å². The van der Waals surface area contributed by atoms with Crippen LogP contribution in [0.3, 0.4) is 0 Å². The summed E-state index contributed by atoms with van der Waals surface area (Å²) in [5.74, 6) is -0.802. The molecule has 4 rings (SSSR count). The van der Waals surface area contributed by atoms with Gasteiger partial charge in [0.15, 0.2) is 16.6 Å². The Hall–Kier alpha value is -2.98. The number of hydrogen-bond acceptors (Lipinski definition) is 7. The molecule has 378 valence electrons. The third kappa shape index (κ3) is 15.0. The second-order valence-corrected chi connectivity index (χ2v) is 37.7. The molecule has 68 heavy (non-hydrogen) atoms. The standard InChI is InChI=1S/C57H90O8Si3/c1-43(39-49-44(2)50(65-67(15,16)55(6,7)8)40-45(63-49)30-23-18-28-36-53(59)60)29-21-17-22-31-46-41-51(58)57(12,42-62-66(13,14)54(3,4)5)52(64-46)37-38-61-68(56(9,10)11,47-32-24-19-25-33-47)48-34-26-20-27-35-48/h18-29,31-36,39,44-46,49-52,58H,17,30,37-38,40-42H2,1-16H3,(H,59,60)/b23-18+,29-21+,31-22+,36-28+,43-39+/t44-,45-,46+,49+,50-,51+,52-,57+/m1/s1. The molecule has 2 fully saturated rings. The van der Waals surface area contributed by atoms with E-state index < -0.39 is 42.4 Å². The van der Waals surface area contributed by atoms with Crippen LogP contribution in [-0.2, 0) is 27.5 Å². The number of benzene rings is 2. The molecule has 0 aromatic heterocycles. The van der Waals surface area contributed by atoms with E-state index in [2.05, 4.69) is 200 Å². The molecule has 0 spiro atoms. The number of carboxylic acids is 1. The summed E-state index contributed by atoms with van der Waals surface area (Å²) < 4.78 is 35.0. The molecule has 2 aromatic rings. The van der Waals surface area contributed by atoms with E-state index in [-0.39, 0.29) is 51.6 Å². The normalized spacial score (nSPS) is 26.4. The monoisotopic (exact) mass is 987 g/mol. The number of aliphatic hydroxyl groups is 1. The van der Waals surface area contributed by atoms with E-state index in [9.17, 15) is 9.90 Å². The summed E-state index contributed by atoms with van der Waals surface area (Å²) in [4.78, 5) is 11.0. The fraction of sp³-hybridized carbons (Fsp3) is 0.596. The van der Waals surface area contributed by atoms with Crippen LogP contribution in [0.25, 0.3) is 0 Å². The molecular formula is C57H90O8Si3. The van der Waals surface area contributed by atoms with E-state index in [4.69, 9.17) is 27.9 Å². The van der Waals surface area contributed by atoms with Crippen molar-refractivity contribution in [2.75, 3.05) is 13.2 Å². The number of carboxylic acid groups (broad SMARTS) is 1. The summed E-state index contributed by atoms with van der Waals surface area (Å²) in [5.41, 5.74) is 0.487. The Bertz CT molecular complexity index is 2000. The number of carbonyl (C=O) groups is 1. The zero-order valence-corrected chi connectivity index (χ0v) is 47.8. The van der Waals surface area contributed by atoms with Gasteiger partial charge in [-0.25, -0.2) is 4.79 Å². The van der Waals surface area contributed by atoms with Gasteiger partial charge in [-0.1, -0.05) is 191 Å². The van der Waals surface area contributed by atoms with Crippen LogP contribution in [0.4, 0.5) is 0 Å². The molecule has 0 radical (unpaired) electrons. The van der Waals surface area contributed by atoms with Crippen LogP contribution in [0.15, 0.2) is 121 Å². The summed E-state index contributed by atoms with van der Waals surface area (Å²) in [6.07, 6.45) is 19.2. The SMILES string of the molecule is CC(/C=C/C/C=C/[C@H]1C[C@H](O)[C@](C)(CO[Si](C)(C)C(C)(C)C)[C@@H](CCO[Si](c2ccccc2)(c2ccccc2)C(C)(C)C)O1)=C\[C@@H]1O[C@H](C/C=C/C=C/C(=O)O)C[C@@H](O[Si](C)(C)C(C)(C)C)[C@@H]1C. The van der Waals surface area contributed by atoms with Crippen molar-refractivity contribution in [2.24, 2.45) is 11.3 Å². The number of ether oxygens (including phenoxy) is 2. The average Bonchev–Trinajstić information content (AvgIpc) is 3.24. The fourth-order valence-electron chi connectivity index (χ4n) is 8.93. The highest BCUT2D eigenvalue weighted by Crippen LogP contribution is 2.45. The van der Waals surface area contributed by atoms with Crippen LogP contribution in [0.1, 0.15) is 115 Å². The predicted molar refractivity (Wildman–Crippen MR) is 290 cm³/mol. The number of allylic oxidation sites excluding steroid dienone is 6. The zero-order chi connectivity index (χ0) is 50.8. The molecule has 8 nitrogen and oxygen atoms in total. The van der Waals surface area contributed by atoms with Crippen molar-refractivity contribution < 1.29 is 37.8 Å². The van der Waals surface area contributed by atoms with Crippen LogP contribution in [-0.4, -0.2) is 91.0 Å². The maximum absolute atomic E-state index is 12.1. The van der Waals surface area contributed by atoms with Gasteiger partial charge in [0.25, 0.3) is 8.32 Å². The van der Waals surface area contributed by atoms with Crippen molar-refractivity contribution in [3.05, 3.63) is 121 Å². The highest BCUT2D eigenvalue weighted by molar-refractivity contribution is 6.99. The van der Waals surface area contributed by atoms with Crippen LogP contribution >= 0.6 is 0 Å². The minimum Gasteiger partial charge on any atom is -0.478 e. The average molecular weight is 988 g/mol. The van der Waals surface area contributed by atoms with Crippen LogP contribution in [0.2, 0.25) is 41.3 Å². The van der Waals surface area contributed by atoms with Crippen molar-refractivity contribution in [1.29, 1.82) is 0 Å². The number of hydrogen-bond donors (Lipinski definition) is 2. The Morgan fingerprint density at radius 1 is 0.779 bits per heavy atom. The summed E-state index contributed by atoms with van der Waals surface area (Å²) >= 11 is 0. The van der Waals surface area contributed by atoms with Gasteiger partial charge in [-0.3, -0.25) is 0 Å². The highest BCUT2D eigenvalue weighted by Gasteiger charge is 2.52. The lowest BCUT2D eigenvalue weighted by Crippen LogP contribution is -2.67. The molecule has 0 amide bonds. The third-order valence-electron chi connectivity index (χ3n) is 15.5. The second-order valence-electron chi connectivity index (χ2n) is 23.8. The van der Waals surface area contributed by atoms with Gasteiger partial charge in [0.2, 0.25) is 0 Å². The summed E-state index contributed by atoms with van der Waals surface area (Å²) in [6.45, 7) is 37.1. The van der Waals surface area contributed by atoms with Crippen molar-refractivity contribution in [1.82, 2.24) is 0 Å². The number of aliphatic hydroxyl groups excluding tert-OH is 1. The first kappa shape index (κ1) is 57.6. The molecule has 2 aromatic carbocycles. The van der Waals surface area contributed by atoms with E-state index in [0.29, 0.717) is 38.9 Å². The lowest BCUT2D eigenvalue weighted by Gasteiger charge is -2.50. The molecule has 0 bridgehead atoms. The molecule has 11 heteroatoms. The molecule has 0 saturated carbocycles. The van der Waals surface area contributed by atoms with Gasteiger partial charge in [0.05, 0.1) is 36.6 Å². The Labute approximate surface area is 415 Å². The molecule has 0 unspecified atom stereocenters. The van der Waals surface area contributed by atoms with Gasteiger partial charge in [-0.05, 0) is 84.3 Å². The van der Waals surface area contributed by atoms with Crippen LogP contribution < -0.4 is 10.4 Å². The minimum absolute atomic E-state index is 0.0326. The Morgan fingerprint density at radius 3 is 1.91 bits per heavy atom. The van der Waals surface area contributed by atoms with Crippen LogP contribution in [0.5, 0.6) is 0 Å². The van der Waals surface area contributed by atoms with Crippen molar-refractivity contribution >= 4 is 41.3 Å². The molecular weight excluding hydrogens is 897 g/mol. The van der Waals surface area contributed by atoms with Gasteiger partial charge in [0, 0.05) is 37.0 Å². The smallest absolute Gasteiger partial charge is 0.328 e. The molecule has 2 saturated heterocycles. The van der Waals surface area contributed by atoms with E-state index >= 15 is 0 Å². The van der Waals surface area contributed by atoms with E-state index in [0.717, 1.165) is 18.1 Å². The zero-order valence-electron chi connectivity index (χ0n) is 44.8. The van der Waals surface area contributed by atoms with Crippen molar-refractivity contribution in [3.63, 3.8) is 0 Å².